The van der Waals surface area contributed by atoms with E-state index in [2.05, 4.69) is 5.32 Å². The van der Waals surface area contributed by atoms with Crippen LogP contribution in [0, 0.1) is 5.82 Å². The highest BCUT2D eigenvalue weighted by molar-refractivity contribution is 5.75. The van der Waals surface area contributed by atoms with Crippen molar-refractivity contribution < 1.29 is 18.7 Å². The molecule has 1 fully saturated rings. The van der Waals surface area contributed by atoms with Crippen LogP contribution in [0.25, 0.3) is 0 Å². The largest absolute Gasteiger partial charge is 0.494 e. The van der Waals surface area contributed by atoms with Gasteiger partial charge in [-0.3, -0.25) is 0 Å². The van der Waals surface area contributed by atoms with E-state index in [1.165, 1.54) is 13.2 Å². The van der Waals surface area contributed by atoms with E-state index in [9.17, 15) is 9.18 Å². The smallest absolute Gasteiger partial charge is 0.317 e. The maximum absolute atomic E-state index is 13.7. The number of fused-ring (bicyclic) bond motifs is 1. The Balaban J connectivity index is 1.70. The Kier molecular flexibility index (Phi) is 4.20. The first-order valence-corrected chi connectivity index (χ1v) is 7.57. The highest BCUT2D eigenvalue weighted by atomic mass is 19.1. The lowest BCUT2D eigenvalue weighted by Gasteiger charge is -2.21. The van der Waals surface area contributed by atoms with Crippen molar-refractivity contribution >= 4 is 6.03 Å². The van der Waals surface area contributed by atoms with Gasteiger partial charge in [0.05, 0.1) is 19.3 Å². The van der Waals surface area contributed by atoms with Gasteiger partial charge in [-0.15, -0.1) is 0 Å². The normalized spacial score (nSPS) is 23.5. The third-order valence-corrected chi connectivity index (χ3v) is 4.55. The summed E-state index contributed by atoms with van der Waals surface area (Å²) < 4.78 is 24.0. The number of hydrogen-bond acceptors (Lipinski definition) is 3. The third kappa shape index (κ3) is 2.75. The lowest BCUT2D eigenvalue weighted by molar-refractivity contribution is 0.110. The summed E-state index contributed by atoms with van der Waals surface area (Å²) in [5.41, 5.74) is 1.90. The van der Waals surface area contributed by atoms with Gasteiger partial charge in [0, 0.05) is 20.2 Å². The average Bonchev–Trinajstić information content (AvgIpc) is 3.13. The van der Waals surface area contributed by atoms with E-state index in [-0.39, 0.29) is 29.7 Å². The van der Waals surface area contributed by atoms with Crippen LogP contribution in [-0.4, -0.2) is 44.3 Å². The third-order valence-electron chi connectivity index (χ3n) is 4.55. The number of urea groups is 1. The second kappa shape index (κ2) is 6.12. The van der Waals surface area contributed by atoms with Crippen molar-refractivity contribution in [3.05, 3.63) is 29.1 Å². The van der Waals surface area contributed by atoms with Crippen molar-refractivity contribution in [1.82, 2.24) is 10.2 Å². The fourth-order valence-corrected chi connectivity index (χ4v) is 3.26. The number of benzene rings is 1. The number of carbonyl (C=O) groups excluding carboxylic acids is 1. The number of nitrogens with zero attached hydrogens (tertiary/aromatic N) is 1. The lowest BCUT2D eigenvalue weighted by Crippen LogP contribution is -2.40. The molecule has 22 heavy (non-hydrogen) atoms. The minimum atomic E-state index is -0.351. The molecule has 2 aliphatic rings. The highest BCUT2D eigenvalue weighted by Crippen LogP contribution is 2.35. The van der Waals surface area contributed by atoms with Gasteiger partial charge in [0.25, 0.3) is 0 Å². The first kappa shape index (κ1) is 15.1. The molecule has 1 unspecified atom stereocenters. The van der Waals surface area contributed by atoms with Gasteiger partial charge in [0.15, 0.2) is 11.6 Å². The van der Waals surface area contributed by atoms with Gasteiger partial charge >= 0.3 is 6.03 Å². The molecule has 5 nitrogen and oxygen atoms in total. The number of halogens is 1. The monoisotopic (exact) mass is 308 g/mol. The van der Waals surface area contributed by atoms with E-state index in [4.69, 9.17) is 9.47 Å². The number of methoxy groups -OCH3 is 2. The first-order chi connectivity index (χ1) is 10.6. The summed E-state index contributed by atoms with van der Waals surface area (Å²) in [6.07, 6.45) is 2.54. The Labute approximate surface area is 129 Å². The quantitative estimate of drug-likeness (QED) is 0.932. The predicted octanol–water partition coefficient (Wildman–Crippen LogP) is 2.25. The van der Waals surface area contributed by atoms with Crippen molar-refractivity contribution in [3.8, 4) is 5.75 Å². The molecule has 0 spiro atoms. The number of aryl methyl sites for hydroxylation is 1. The summed E-state index contributed by atoms with van der Waals surface area (Å²) in [4.78, 5) is 14.1. The molecule has 1 aliphatic carbocycles. The van der Waals surface area contributed by atoms with E-state index in [1.54, 1.807) is 18.1 Å². The van der Waals surface area contributed by atoms with Gasteiger partial charge in [-0.25, -0.2) is 9.18 Å². The Morgan fingerprint density at radius 3 is 2.86 bits per heavy atom. The molecule has 1 aromatic rings. The van der Waals surface area contributed by atoms with Crippen molar-refractivity contribution in [2.24, 2.45) is 0 Å². The summed E-state index contributed by atoms with van der Waals surface area (Å²) in [6, 6.07) is 3.04. The molecular formula is C16H21FN2O3. The number of amides is 2. The molecule has 6 heteroatoms. The van der Waals surface area contributed by atoms with Crippen molar-refractivity contribution in [2.45, 2.75) is 31.4 Å². The molecule has 1 saturated heterocycles. The van der Waals surface area contributed by atoms with E-state index in [1.807, 2.05) is 0 Å². The minimum Gasteiger partial charge on any atom is -0.494 e. The molecule has 3 rings (SSSR count). The standard InChI is InChI=1S/C16H21FN2O3/c1-21-11-5-6-19(9-11)16(20)18-14-4-3-10-7-13(17)15(22-2)8-12(10)14/h7-8,11,14H,3-6,9H2,1-2H3,(H,18,20)/t11-,14?/m0/s1. The number of rotatable bonds is 3. The van der Waals surface area contributed by atoms with Crippen LogP contribution in [0.3, 0.4) is 0 Å². The topological polar surface area (TPSA) is 50.8 Å². The van der Waals surface area contributed by atoms with Crippen LogP contribution in [0.5, 0.6) is 5.75 Å². The Morgan fingerprint density at radius 2 is 2.18 bits per heavy atom. The van der Waals surface area contributed by atoms with E-state index in [0.717, 1.165) is 30.4 Å². The van der Waals surface area contributed by atoms with Crippen LogP contribution < -0.4 is 10.1 Å². The molecule has 120 valence electrons. The fourth-order valence-electron chi connectivity index (χ4n) is 3.26. The Bertz CT molecular complexity index is 579. The Morgan fingerprint density at radius 1 is 1.36 bits per heavy atom. The van der Waals surface area contributed by atoms with Crippen LogP contribution in [0.2, 0.25) is 0 Å². The summed E-state index contributed by atoms with van der Waals surface area (Å²) in [5, 5.41) is 3.05. The summed E-state index contributed by atoms with van der Waals surface area (Å²) in [5.74, 6) is -0.128. The number of carbonyl (C=O) groups is 1. The molecule has 0 radical (unpaired) electrons. The van der Waals surface area contributed by atoms with Crippen molar-refractivity contribution in [2.75, 3.05) is 27.3 Å². The van der Waals surface area contributed by atoms with Gasteiger partial charge in [-0.2, -0.15) is 0 Å². The zero-order valence-electron chi connectivity index (χ0n) is 12.9. The predicted molar refractivity (Wildman–Crippen MR) is 79.5 cm³/mol. The van der Waals surface area contributed by atoms with Gasteiger partial charge in [-0.1, -0.05) is 0 Å². The van der Waals surface area contributed by atoms with E-state index < -0.39 is 0 Å². The summed E-state index contributed by atoms with van der Waals surface area (Å²) >= 11 is 0. The Hall–Kier alpha value is -1.82. The SMILES string of the molecule is COc1cc2c(cc1F)CCC2NC(=O)N1CC[C@H](OC)C1. The van der Waals surface area contributed by atoms with Gasteiger partial charge in [-0.05, 0) is 42.5 Å². The molecule has 1 aliphatic heterocycles. The molecule has 0 saturated carbocycles. The molecule has 0 aromatic heterocycles. The maximum Gasteiger partial charge on any atom is 0.317 e. The number of likely N-dealkylation sites (tertiary alicyclic amines) is 1. The van der Waals surface area contributed by atoms with Crippen LogP contribution in [0.1, 0.15) is 30.0 Å². The van der Waals surface area contributed by atoms with Crippen molar-refractivity contribution in [1.29, 1.82) is 0 Å². The number of ether oxygens (including phenoxy) is 2. The molecule has 0 bridgehead atoms. The molecule has 1 aromatic carbocycles. The van der Waals surface area contributed by atoms with Crippen LogP contribution >= 0.6 is 0 Å². The summed E-state index contributed by atoms with van der Waals surface area (Å²) in [7, 11) is 3.11. The first-order valence-electron chi connectivity index (χ1n) is 7.57. The molecule has 1 N–H and O–H groups in total. The second-order valence-corrected chi connectivity index (χ2v) is 5.82. The van der Waals surface area contributed by atoms with E-state index in [0.29, 0.717) is 13.1 Å². The fraction of sp³-hybridized carbons (Fsp3) is 0.562. The van der Waals surface area contributed by atoms with Gasteiger partial charge < -0.3 is 19.7 Å². The van der Waals surface area contributed by atoms with Gasteiger partial charge in [0.2, 0.25) is 0 Å². The van der Waals surface area contributed by atoms with Crippen LogP contribution in [0.4, 0.5) is 9.18 Å². The van der Waals surface area contributed by atoms with Crippen LogP contribution in [0.15, 0.2) is 12.1 Å². The van der Waals surface area contributed by atoms with Crippen LogP contribution in [-0.2, 0) is 11.2 Å². The minimum absolute atomic E-state index is 0.0827. The zero-order valence-corrected chi connectivity index (χ0v) is 12.9. The maximum atomic E-state index is 13.7. The van der Waals surface area contributed by atoms with Gasteiger partial charge in [0.1, 0.15) is 0 Å². The van der Waals surface area contributed by atoms with E-state index >= 15 is 0 Å². The number of hydrogen-bond donors (Lipinski definition) is 1. The zero-order chi connectivity index (χ0) is 15.7. The highest BCUT2D eigenvalue weighted by Gasteiger charge is 2.30. The molecule has 1 heterocycles. The second-order valence-electron chi connectivity index (χ2n) is 5.82. The molecular weight excluding hydrogens is 287 g/mol. The summed E-state index contributed by atoms with van der Waals surface area (Å²) in [6.45, 7) is 1.32. The molecule has 2 atom stereocenters. The lowest BCUT2D eigenvalue weighted by atomic mass is 10.1. The van der Waals surface area contributed by atoms with Crippen molar-refractivity contribution in [3.63, 3.8) is 0 Å². The molecule has 2 amide bonds. The number of nitrogens with one attached hydrogen (secondary N) is 1. The average molecular weight is 308 g/mol.